The molecule has 31 heavy (non-hydrogen) atoms. The summed E-state index contributed by atoms with van der Waals surface area (Å²) in [6.45, 7) is 1.89. The number of carbonyl (C=O) groups excluding carboxylic acids is 2. The molecule has 3 rings (SSSR count). The quantitative estimate of drug-likeness (QED) is 0.664. The number of anilines is 1. The fraction of sp³-hybridized carbons (Fsp3) is 0.417. The zero-order valence-corrected chi connectivity index (χ0v) is 18.9. The Labute approximate surface area is 184 Å². The lowest BCUT2D eigenvalue weighted by Gasteiger charge is -2.26. The highest BCUT2D eigenvalue weighted by Gasteiger charge is 2.29. The van der Waals surface area contributed by atoms with Crippen molar-refractivity contribution in [2.45, 2.75) is 50.3 Å². The summed E-state index contributed by atoms with van der Waals surface area (Å²) in [5, 5.41) is 2.59. The second kappa shape index (κ2) is 10.1. The van der Waals surface area contributed by atoms with Gasteiger partial charge in [-0.25, -0.2) is 8.42 Å². The number of hydrogen-bond donors (Lipinski definition) is 1. The van der Waals surface area contributed by atoms with E-state index in [0.29, 0.717) is 24.1 Å². The average molecular weight is 443 g/mol. The van der Waals surface area contributed by atoms with Gasteiger partial charge in [-0.15, -0.1) is 0 Å². The summed E-state index contributed by atoms with van der Waals surface area (Å²) in [6, 6.07) is 16.1. The summed E-state index contributed by atoms with van der Waals surface area (Å²) in [6.07, 6.45) is 3.32. The normalized spacial score (nSPS) is 15.4. The highest BCUT2D eigenvalue weighted by molar-refractivity contribution is 7.92. The van der Waals surface area contributed by atoms with Crippen molar-refractivity contribution >= 4 is 27.3 Å². The Morgan fingerprint density at radius 1 is 1.06 bits per heavy atom. The molecule has 2 amide bonds. The van der Waals surface area contributed by atoms with Crippen molar-refractivity contribution in [1.82, 2.24) is 4.90 Å². The molecular weight excluding hydrogens is 412 g/mol. The summed E-state index contributed by atoms with van der Waals surface area (Å²) >= 11 is 0. The summed E-state index contributed by atoms with van der Waals surface area (Å²) < 4.78 is 24.9. The molecule has 2 aromatic carbocycles. The number of amides is 2. The molecule has 1 saturated carbocycles. The van der Waals surface area contributed by atoms with E-state index < -0.39 is 9.84 Å². The van der Waals surface area contributed by atoms with E-state index in [1.165, 1.54) is 0 Å². The maximum Gasteiger partial charge on any atom is 0.255 e. The number of nitrogens with zero attached hydrogens (tertiary/aromatic N) is 1. The van der Waals surface area contributed by atoms with Gasteiger partial charge >= 0.3 is 0 Å². The first-order chi connectivity index (χ1) is 14.8. The third kappa shape index (κ3) is 5.94. The van der Waals surface area contributed by atoms with E-state index in [9.17, 15) is 18.0 Å². The van der Waals surface area contributed by atoms with E-state index in [4.69, 9.17) is 0 Å². The predicted molar refractivity (Wildman–Crippen MR) is 123 cm³/mol. The van der Waals surface area contributed by atoms with Gasteiger partial charge in [0.05, 0.1) is 17.0 Å². The van der Waals surface area contributed by atoms with Crippen molar-refractivity contribution in [2.24, 2.45) is 0 Å². The second-order valence-corrected chi connectivity index (χ2v) is 10.6. The molecular formula is C24H30N2O4S. The molecule has 0 aromatic heterocycles. The van der Waals surface area contributed by atoms with Crippen LogP contribution in [0.3, 0.4) is 0 Å². The zero-order valence-electron chi connectivity index (χ0n) is 18.1. The highest BCUT2D eigenvalue weighted by atomic mass is 32.2. The molecule has 1 atom stereocenters. The van der Waals surface area contributed by atoms with Crippen molar-refractivity contribution in [3.05, 3.63) is 65.7 Å². The third-order valence-corrected chi connectivity index (χ3v) is 8.31. The largest absolute Gasteiger partial charge is 0.339 e. The molecule has 0 heterocycles. The maximum absolute atomic E-state index is 12.7. The van der Waals surface area contributed by atoms with Gasteiger partial charge in [0.1, 0.15) is 0 Å². The Hall–Kier alpha value is -2.67. The molecule has 1 aliphatic carbocycles. The maximum atomic E-state index is 12.7. The van der Waals surface area contributed by atoms with Gasteiger partial charge in [0.15, 0.2) is 9.84 Å². The fourth-order valence-electron chi connectivity index (χ4n) is 3.93. The molecule has 1 N–H and O–H groups in total. The second-order valence-electron chi connectivity index (χ2n) is 8.15. The Balaban J connectivity index is 1.61. The van der Waals surface area contributed by atoms with Crippen LogP contribution < -0.4 is 5.32 Å². The Kier molecular flexibility index (Phi) is 7.49. The molecule has 2 aromatic rings. The van der Waals surface area contributed by atoms with Crippen LogP contribution in [-0.4, -0.2) is 43.2 Å². The summed E-state index contributed by atoms with van der Waals surface area (Å²) in [5.41, 5.74) is 2.07. The lowest BCUT2D eigenvalue weighted by atomic mass is 10.1. The van der Waals surface area contributed by atoms with Gasteiger partial charge in [-0.1, -0.05) is 43.2 Å². The Morgan fingerprint density at radius 3 is 2.42 bits per heavy atom. The van der Waals surface area contributed by atoms with Gasteiger partial charge in [0, 0.05) is 24.7 Å². The predicted octanol–water partition coefficient (Wildman–Crippen LogP) is 4.21. The first kappa shape index (κ1) is 23.0. The number of sulfone groups is 1. The Morgan fingerprint density at radius 2 is 1.74 bits per heavy atom. The van der Waals surface area contributed by atoms with E-state index in [0.717, 1.165) is 18.4 Å². The average Bonchev–Trinajstić information content (AvgIpc) is 3.33. The molecule has 0 unspecified atom stereocenters. The van der Waals surface area contributed by atoms with Gasteiger partial charge in [-0.05, 0) is 49.6 Å². The van der Waals surface area contributed by atoms with Crippen LogP contribution in [0, 0.1) is 0 Å². The minimum absolute atomic E-state index is 0.00981. The van der Waals surface area contributed by atoms with Gasteiger partial charge in [-0.3, -0.25) is 9.59 Å². The van der Waals surface area contributed by atoms with Crippen LogP contribution in [0.4, 0.5) is 5.69 Å². The van der Waals surface area contributed by atoms with Crippen molar-refractivity contribution < 1.29 is 18.0 Å². The van der Waals surface area contributed by atoms with Gasteiger partial charge < -0.3 is 10.2 Å². The first-order valence-electron chi connectivity index (χ1n) is 10.7. The molecule has 1 aliphatic rings. The number of nitrogens with one attached hydrogen (secondary N) is 1. The molecule has 166 valence electrons. The van der Waals surface area contributed by atoms with Crippen molar-refractivity contribution in [1.29, 1.82) is 0 Å². The fourth-order valence-corrected chi connectivity index (χ4v) is 5.77. The monoisotopic (exact) mass is 442 g/mol. The molecule has 0 radical (unpaired) electrons. The highest BCUT2D eigenvalue weighted by Crippen LogP contribution is 2.26. The molecule has 1 fully saturated rings. The molecule has 0 spiro atoms. The van der Waals surface area contributed by atoms with E-state index in [1.807, 2.05) is 31.2 Å². The number of hydrogen-bond acceptors (Lipinski definition) is 4. The van der Waals surface area contributed by atoms with Crippen LogP contribution in [-0.2, 0) is 14.6 Å². The lowest BCUT2D eigenvalue weighted by molar-refractivity contribution is -0.131. The number of carbonyl (C=O) groups is 2. The minimum Gasteiger partial charge on any atom is -0.339 e. The van der Waals surface area contributed by atoms with Crippen LogP contribution in [0.5, 0.6) is 0 Å². The first-order valence-corrected chi connectivity index (χ1v) is 12.4. The van der Waals surface area contributed by atoms with Crippen LogP contribution in [0.15, 0.2) is 54.6 Å². The zero-order chi connectivity index (χ0) is 22.4. The van der Waals surface area contributed by atoms with Crippen LogP contribution in [0.1, 0.15) is 61.0 Å². The summed E-state index contributed by atoms with van der Waals surface area (Å²) in [7, 11) is -1.54. The number of benzene rings is 2. The van der Waals surface area contributed by atoms with E-state index in [1.54, 1.807) is 42.3 Å². The smallest absolute Gasteiger partial charge is 0.255 e. The van der Waals surface area contributed by atoms with E-state index >= 15 is 0 Å². The molecule has 0 saturated heterocycles. The van der Waals surface area contributed by atoms with E-state index in [2.05, 4.69) is 5.32 Å². The molecule has 0 aliphatic heterocycles. The third-order valence-electron chi connectivity index (χ3n) is 6.05. The standard InChI is InChI=1S/C24H30N2O4S/c1-18(26(2)23(27)15-16-31(29,30)22-13-6-7-14-22)20-11-8-12-21(17-20)25-24(28)19-9-4-3-5-10-19/h3-5,8-12,17-18,22H,6-7,13-16H2,1-2H3,(H,25,28)/t18-/m0/s1. The van der Waals surface area contributed by atoms with E-state index in [-0.39, 0.29) is 35.3 Å². The lowest BCUT2D eigenvalue weighted by Crippen LogP contribution is -2.32. The summed E-state index contributed by atoms with van der Waals surface area (Å²) in [5.74, 6) is -0.500. The molecule has 7 heteroatoms. The van der Waals surface area contributed by atoms with Crippen LogP contribution in [0.2, 0.25) is 0 Å². The molecule has 0 bridgehead atoms. The van der Waals surface area contributed by atoms with Gasteiger partial charge in [-0.2, -0.15) is 0 Å². The van der Waals surface area contributed by atoms with Crippen molar-refractivity contribution in [3.63, 3.8) is 0 Å². The van der Waals surface area contributed by atoms with Gasteiger partial charge in [0.2, 0.25) is 5.91 Å². The number of rotatable bonds is 8. The van der Waals surface area contributed by atoms with Gasteiger partial charge in [0.25, 0.3) is 5.91 Å². The van der Waals surface area contributed by atoms with Crippen LogP contribution in [0.25, 0.3) is 0 Å². The topological polar surface area (TPSA) is 83.6 Å². The SMILES string of the molecule is C[C@@H](c1cccc(NC(=O)c2ccccc2)c1)N(C)C(=O)CCS(=O)(=O)C1CCCC1. The van der Waals surface area contributed by atoms with Crippen molar-refractivity contribution in [3.8, 4) is 0 Å². The summed E-state index contributed by atoms with van der Waals surface area (Å²) in [4.78, 5) is 26.6. The Bertz CT molecular complexity index is 1010. The molecule has 6 nitrogen and oxygen atoms in total. The minimum atomic E-state index is -3.22. The van der Waals surface area contributed by atoms with Crippen molar-refractivity contribution in [2.75, 3.05) is 18.1 Å². The van der Waals surface area contributed by atoms with Crippen LogP contribution >= 0.6 is 0 Å².